The van der Waals surface area contributed by atoms with Crippen molar-refractivity contribution in [3.63, 3.8) is 0 Å². The lowest BCUT2D eigenvalue weighted by Crippen LogP contribution is -2.25. The maximum atomic E-state index is 9.60. The van der Waals surface area contributed by atoms with Crippen molar-refractivity contribution in [1.29, 1.82) is 0 Å². The van der Waals surface area contributed by atoms with Gasteiger partial charge < -0.3 is 20.5 Å². The number of nitrogens with one attached hydrogen (secondary N) is 1. The first-order valence-corrected chi connectivity index (χ1v) is 6.09. The number of hydrogen-bond donors (Lipinski definition) is 4. The molecule has 1 aliphatic rings. The van der Waals surface area contributed by atoms with Gasteiger partial charge in [-0.05, 0) is 6.42 Å². The van der Waals surface area contributed by atoms with Crippen LogP contribution in [0.3, 0.4) is 0 Å². The topological polar surface area (TPSA) is 108 Å². The van der Waals surface area contributed by atoms with Gasteiger partial charge in [0.25, 0.3) is 0 Å². The number of anilines is 2. The van der Waals surface area contributed by atoms with Crippen LogP contribution in [0.15, 0.2) is 6.33 Å². The molecule has 5 N–H and O–H groups in total. The minimum absolute atomic E-state index is 0.374. The van der Waals surface area contributed by atoms with E-state index in [1.54, 1.807) is 0 Å². The summed E-state index contributed by atoms with van der Waals surface area (Å²) in [6.45, 7) is 2.81. The molecular formula is C11H19N5O2. The van der Waals surface area contributed by atoms with Crippen molar-refractivity contribution in [2.24, 2.45) is 5.84 Å². The third-order valence-electron chi connectivity index (χ3n) is 3.12. The molecule has 0 aromatic carbocycles. The summed E-state index contributed by atoms with van der Waals surface area (Å²) >= 11 is 0. The molecule has 1 saturated heterocycles. The lowest BCUT2D eigenvalue weighted by molar-refractivity contribution is 0.0572. The smallest absolute Gasteiger partial charge is 0.148 e. The predicted molar refractivity (Wildman–Crippen MR) is 68.1 cm³/mol. The van der Waals surface area contributed by atoms with Gasteiger partial charge >= 0.3 is 0 Å². The van der Waals surface area contributed by atoms with Crippen molar-refractivity contribution in [1.82, 2.24) is 9.97 Å². The number of hydrazine groups is 1. The number of nitrogen functional groups attached to an aromatic ring is 1. The Morgan fingerprint density at radius 1 is 1.39 bits per heavy atom. The standard InChI is InChI=1S/C11H19N5O2/c1-2-3-7-10(15-12)13-6-14-11(7)16-4-8(17)9(18)5-16/h6,8-9,17-18H,2-5,12H2,1H3,(H,13,14,15). The lowest BCUT2D eigenvalue weighted by Gasteiger charge is -2.21. The van der Waals surface area contributed by atoms with E-state index in [0.29, 0.717) is 18.9 Å². The first kappa shape index (κ1) is 13.0. The molecule has 2 atom stereocenters. The highest BCUT2D eigenvalue weighted by atomic mass is 16.3. The number of aliphatic hydroxyl groups excluding tert-OH is 2. The summed E-state index contributed by atoms with van der Waals surface area (Å²) < 4.78 is 0. The van der Waals surface area contributed by atoms with Crippen LogP contribution >= 0.6 is 0 Å². The molecule has 0 spiro atoms. The van der Waals surface area contributed by atoms with E-state index in [2.05, 4.69) is 22.3 Å². The van der Waals surface area contributed by atoms with E-state index in [1.165, 1.54) is 6.33 Å². The molecule has 1 aliphatic heterocycles. The first-order valence-electron chi connectivity index (χ1n) is 6.09. The largest absolute Gasteiger partial charge is 0.389 e. The van der Waals surface area contributed by atoms with Gasteiger partial charge in [-0.25, -0.2) is 15.8 Å². The highest BCUT2D eigenvalue weighted by Crippen LogP contribution is 2.27. The second-order valence-electron chi connectivity index (χ2n) is 4.46. The molecule has 2 unspecified atom stereocenters. The van der Waals surface area contributed by atoms with Crippen molar-refractivity contribution in [2.45, 2.75) is 32.0 Å². The summed E-state index contributed by atoms with van der Waals surface area (Å²) in [6, 6.07) is 0. The van der Waals surface area contributed by atoms with Gasteiger partial charge in [0, 0.05) is 18.7 Å². The summed E-state index contributed by atoms with van der Waals surface area (Å²) in [7, 11) is 0. The predicted octanol–water partition coefficient (Wildman–Crippen LogP) is -0.743. The number of aromatic nitrogens is 2. The molecule has 0 amide bonds. The second kappa shape index (κ2) is 5.47. The normalized spacial score (nSPS) is 23.4. The SMILES string of the molecule is CCCc1c(NN)ncnc1N1CC(O)C(O)C1. The molecule has 1 aromatic rings. The summed E-state index contributed by atoms with van der Waals surface area (Å²) in [5, 5.41) is 19.2. The highest BCUT2D eigenvalue weighted by molar-refractivity contribution is 5.59. The third-order valence-corrected chi connectivity index (χ3v) is 3.12. The maximum absolute atomic E-state index is 9.60. The Kier molecular flexibility index (Phi) is 3.95. The number of nitrogens with two attached hydrogens (primary N) is 1. The van der Waals surface area contributed by atoms with Crippen LogP contribution in [0.2, 0.25) is 0 Å². The Morgan fingerprint density at radius 3 is 2.61 bits per heavy atom. The third kappa shape index (κ3) is 2.38. The Hall–Kier alpha value is -1.44. The number of rotatable bonds is 4. The first-order chi connectivity index (χ1) is 8.67. The van der Waals surface area contributed by atoms with E-state index in [-0.39, 0.29) is 0 Å². The molecule has 1 fully saturated rings. The quantitative estimate of drug-likeness (QED) is 0.413. The minimum Gasteiger partial charge on any atom is -0.389 e. The van der Waals surface area contributed by atoms with E-state index in [0.717, 1.165) is 24.2 Å². The van der Waals surface area contributed by atoms with Crippen molar-refractivity contribution in [3.05, 3.63) is 11.9 Å². The number of nitrogens with zero attached hydrogens (tertiary/aromatic N) is 3. The Morgan fingerprint density at radius 2 is 2.06 bits per heavy atom. The molecule has 2 heterocycles. The van der Waals surface area contributed by atoms with Gasteiger partial charge in [-0.2, -0.15) is 0 Å². The zero-order chi connectivity index (χ0) is 13.1. The minimum atomic E-state index is -0.733. The van der Waals surface area contributed by atoms with Crippen molar-refractivity contribution in [2.75, 3.05) is 23.4 Å². The zero-order valence-corrected chi connectivity index (χ0v) is 10.4. The van der Waals surface area contributed by atoms with Gasteiger partial charge in [0.05, 0.1) is 12.2 Å². The van der Waals surface area contributed by atoms with E-state index in [9.17, 15) is 10.2 Å². The molecular weight excluding hydrogens is 234 g/mol. The average molecular weight is 253 g/mol. The molecule has 7 nitrogen and oxygen atoms in total. The van der Waals surface area contributed by atoms with Crippen LogP contribution in [0.1, 0.15) is 18.9 Å². The highest BCUT2D eigenvalue weighted by Gasteiger charge is 2.31. The second-order valence-corrected chi connectivity index (χ2v) is 4.46. The van der Waals surface area contributed by atoms with Crippen LogP contribution in [0.5, 0.6) is 0 Å². The van der Waals surface area contributed by atoms with Crippen LogP contribution in [-0.2, 0) is 6.42 Å². The van der Waals surface area contributed by atoms with E-state index < -0.39 is 12.2 Å². The van der Waals surface area contributed by atoms with Crippen LogP contribution in [0.4, 0.5) is 11.6 Å². The van der Waals surface area contributed by atoms with Crippen molar-refractivity contribution in [3.8, 4) is 0 Å². The molecule has 7 heteroatoms. The fourth-order valence-corrected chi connectivity index (χ4v) is 2.22. The summed E-state index contributed by atoms with van der Waals surface area (Å²) in [5.74, 6) is 6.77. The van der Waals surface area contributed by atoms with Gasteiger partial charge in [-0.3, -0.25) is 0 Å². The van der Waals surface area contributed by atoms with Crippen LogP contribution in [0, 0.1) is 0 Å². The number of aliphatic hydroxyl groups is 2. The van der Waals surface area contributed by atoms with Crippen LogP contribution in [-0.4, -0.2) is 45.5 Å². The van der Waals surface area contributed by atoms with Gasteiger partial charge in [-0.15, -0.1) is 0 Å². The molecule has 0 saturated carbocycles. The molecule has 2 rings (SSSR count). The van der Waals surface area contributed by atoms with E-state index in [4.69, 9.17) is 5.84 Å². The molecule has 18 heavy (non-hydrogen) atoms. The number of hydrogen-bond acceptors (Lipinski definition) is 7. The van der Waals surface area contributed by atoms with E-state index >= 15 is 0 Å². The van der Waals surface area contributed by atoms with Gasteiger partial charge in [0.1, 0.15) is 18.0 Å². The Labute approximate surface area is 106 Å². The lowest BCUT2D eigenvalue weighted by atomic mass is 10.1. The molecule has 100 valence electrons. The van der Waals surface area contributed by atoms with E-state index in [1.807, 2.05) is 4.90 Å². The summed E-state index contributed by atoms with van der Waals surface area (Å²) in [6.07, 6.45) is 1.69. The average Bonchev–Trinajstić information content (AvgIpc) is 2.70. The Balaban J connectivity index is 2.32. The molecule has 0 aliphatic carbocycles. The van der Waals surface area contributed by atoms with Crippen LogP contribution < -0.4 is 16.2 Å². The maximum Gasteiger partial charge on any atom is 0.148 e. The molecule has 1 aromatic heterocycles. The van der Waals surface area contributed by atoms with Crippen LogP contribution in [0.25, 0.3) is 0 Å². The van der Waals surface area contributed by atoms with Gasteiger partial charge in [0.15, 0.2) is 0 Å². The monoisotopic (exact) mass is 253 g/mol. The van der Waals surface area contributed by atoms with Crippen molar-refractivity contribution < 1.29 is 10.2 Å². The molecule has 0 radical (unpaired) electrons. The number of β-amino-alcohol motifs (C(OH)–C–C–N with tert-alkyl or cyclic N) is 2. The zero-order valence-electron chi connectivity index (χ0n) is 10.4. The fourth-order valence-electron chi connectivity index (χ4n) is 2.22. The molecule has 0 bridgehead atoms. The summed E-state index contributed by atoms with van der Waals surface area (Å²) in [5.41, 5.74) is 3.48. The summed E-state index contributed by atoms with van der Waals surface area (Å²) in [4.78, 5) is 10.2. The van der Waals surface area contributed by atoms with Gasteiger partial charge in [-0.1, -0.05) is 13.3 Å². The van der Waals surface area contributed by atoms with Crippen molar-refractivity contribution >= 4 is 11.6 Å². The Bertz CT molecular complexity index is 404. The van der Waals surface area contributed by atoms with Gasteiger partial charge in [0.2, 0.25) is 0 Å². The fraction of sp³-hybridized carbons (Fsp3) is 0.636.